The van der Waals surface area contributed by atoms with Crippen molar-refractivity contribution in [1.82, 2.24) is 4.98 Å². The van der Waals surface area contributed by atoms with Crippen LogP contribution >= 0.6 is 11.8 Å². The number of thioether (sulfide) groups is 1. The monoisotopic (exact) mass is 387 g/mol. The molecule has 0 amide bonds. The second kappa shape index (κ2) is 6.99. The van der Waals surface area contributed by atoms with Crippen LogP contribution in [0.25, 0.3) is 22.6 Å². The summed E-state index contributed by atoms with van der Waals surface area (Å²) in [4.78, 5) is 5.57. The highest BCUT2D eigenvalue weighted by molar-refractivity contribution is 8.05. The first kappa shape index (κ1) is 17.3. The normalized spacial score (nSPS) is 20.6. The minimum absolute atomic E-state index is 0.640. The van der Waals surface area contributed by atoms with Gasteiger partial charge in [0.25, 0.3) is 0 Å². The summed E-state index contributed by atoms with van der Waals surface area (Å²) in [5, 5.41) is 5.24. The Balaban J connectivity index is 1.32. The molecule has 1 saturated carbocycles. The predicted octanol–water partition coefficient (Wildman–Crippen LogP) is 6.12. The molecule has 1 fully saturated rings. The Morgan fingerprint density at radius 1 is 1.14 bits per heavy atom. The Morgan fingerprint density at radius 2 is 1.96 bits per heavy atom. The van der Waals surface area contributed by atoms with Crippen molar-refractivity contribution in [1.29, 1.82) is 0 Å². The molecule has 5 rings (SSSR count). The van der Waals surface area contributed by atoms with Crippen molar-refractivity contribution >= 4 is 23.7 Å². The number of fused-ring (bicyclic) bond motifs is 1. The smallest absolute Gasteiger partial charge is 0.225 e. The van der Waals surface area contributed by atoms with E-state index in [0.717, 1.165) is 28.0 Å². The highest BCUT2D eigenvalue weighted by atomic mass is 32.2. The fourth-order valence-electron chi connectivity index (χ4n) is 3.65. The van der Waals surface area contributed by atoms with Crippen LogP contribution in [0.15, 0.2) is 74.9 Å². The van der Waals surface area contributed by atoms with Crippen LogP contribution in [0.3, 0.4) is 0 Å². The first-order valence-corrected chi connectivity index (χ1v) is 10.3. The average Bonchev–Trinajstić information content (AvgIpc) is 3.13. The van der Waals surface area contributed by atoms with Crippen LogP contribution < -0.4 is 5.43 Å². The standard InChI is InChI=1S/C23H21N3OS/c1-14-3-4-17(23-24-9-10-27-23)11-19(14)16-5-7-18(8-6-16)26-25-13-22-15(2)20-12-21(20)28-22/h3-11,13,20-21,26H,12H2,1-2H3/b25-13+. The Morgan fingerprint density at radius 3 is 2.68 bits per heavy atom. The van der Waals surface area contributed by atoms with Crippen LogP contribution in [0, 0.1) is 12.8 Å². The fraction of sp³-hybridized carbons (Fsp3) is 0.217. The minimum atomic E-state index is 0.640. The number of anilines is 1. The van der Waals surface area contributed by atoms with E-state index in [2.05, 4.69) is 65.8 Å². The van der Waals surface area contributed by atoms with Crippen LogP contribution in [0.1, 0.15) is 18.9 Å². The van der Waals surface area contributed by atoms with Gasteiger partial charge in [-0.25, -0.2) is 4.98 Å². The van der Waals surface area contributed by atoms with Gasteiger partial charge < -0.3 is 4.42 Å². The molecular weight excluding hydrogens is 366 g/mol. The highest BCUT2D eigenvalue weighted by Crippen LogP contribution is 2.56. The summed E-state index contributed by atoms with van der Waals surface area (Å²) in [6, 6.07) is 14.6. The van der Waals surface area contributed by atoms with Gasteiger partial charge in [0.2, 0.25) is 5.89 Å². The summed E-state index contributed by atoms with van der Waals surface area (Å²) < 4.78 is 5.43. The molecule has 0 radical (unpaired) electrons. The van der Waals surface area contributed by atoms with Crippen molar-refractivity contribution < 1.29 is 4.42 Å². The lowest BCUT2D eigenvalue weighted by Crippen LogP contribution is -1.92. The third kappa shape index (κ3) is 3.27. The molecule has 2 aliphatic rings. The minimum Gasteiger partial charge on any atom is -0.445 e. The fourth-order valence-corrected chi connectivity index (χ4v) is 5.10. The van der Waals surface area contributed by atoms with E-state index >= 15 is 0 Å². The Bertz CT molecular complexity index is 1070. The zero-order valence-corrected chi connectivity index (χ0v) is 16.7. The van der Waals surface area contributed by atoms with Crippen molar-refractivity contribution in [3.8, 4) is 22.6 Å². The number of allylic oxidation sites excluding steroid dienone is 2. The number of aromatic nitrogens is 1. The number of nitrogens with zero attached hydrogens (tertiary/aromatic N) is 2. The zero-order valence-electron chi connectivity index (χ0n) is 15.8. The molecule has 3 aromatic rings. The van der Waals surface area contributed by atoms with Gasteiger partial charge in [0, 0.05) is 15.7 Å². The van der Waals surface area contributed by atoms with Crippen molar-refractivity contribution in [2.45, 2.75) is 25.5 Å². The molecule has 0 saturated heterocycles. The van der Waals surface area contributed by atoms with Gasteiger partial charge in [-0.05, 0) is 67.1 Å². The van der Waals surface area contributed by atoms with E-state index in [4.69, 9.17) is 4.42 Å². The summed E-state index contributed by atoms with van der Waals surface area (Å²) in [5.41, 5.74) is 10.2. The number of hydrogen-bond acceptors (Lipinski definition) is 5. The Labute approximate surface area is 168 Å². The molecule has 4 nitrogen and oxygen atoms in total. The second-order valence-corrected chi connectivity index (χ2v) is 8.64. The summed E-state index contributed by atoms with van der Waals surface area (Å²) in [7, 11) is 0. The van der Waals surface area contributed by atoms with Crippen LogP contribution in [0.5, 0.6) is 0 Å². The lowest BCUT2D eigenvalue weighted by molar-refractivity contribution is 0.574. The summed E-state index contributed by atoms with van der Waals surface area (Å²) in [5.74, 6) is 1.45. The van der Waals surface area contributed by atoms with E-state index in [0.29, 0.717) is 5.89 Å². The zero-order chi connectivity index (χ0) is 19.1. The number of benzene rings is 2. The van der Waals surface area contributed by atoms with Crippen molar-refractivity contribution in [2.75, 3.05) is 5.43 Å². The number of oxazole rings is 1. The highest BCUT2D eigenvalue weighted by Gasteiger charge is 2.45. The number of rotatable bonds is 5. The predicted molar refractivity (Wildman–Crippen MR) is 116 cm³/mol. The van der Waals surface area contributed by atoms with Crippen molar-refractivity contribution in [2.24, 2.45) is 11.0 Å². The lowest BCUT2D eigenvalue weighted by atomic mass is 9.98. The van der Waals surface area contributed by atoms with Gasteiger partial charge in [-0.2, -0.15) is 5.10 Å². The van der Waals surface area contributed by atoms with Crippen LogP contribution in [-0.4, -0.2) is 16.4 Å². The third-order valence-electron chi connectivity index (χ3n) is 5.44. The number of aryl methyl sites for hydroxylation is 1. The van der Waals surface area contributed by atoms with E-state index in [1.54, 1.807) is 12.5 Å². The van der Waals surface area contributed by atoms with Crippen molar-refractivity contribution in [3.63, 3.8) is 0 Å². The Hall–Kier alpha value is -2.79. The molecule has 1 aliphatic carbocycles. The maximum Gasteiger partial charge on any atom is 0.225 e. The van der Waals surface area contributed by atoms with Gasteiger partial charge in [0.1, 0.15) is 6.26 Å². The maximum atomic E-state index is 5.43. The summed E-state index contributed by atoms with van der Waals surface area (Å²) in [6.45, 7) is 4.35. The molecule has 1 N–H and O–H groups in total. The number of nitrogens with one attached hydrogen (secondary N) is 1. The average molecular weight is 388 g/mol. The summed E-state index contributed by atoms with van der Waals surface area (Å²) in [6.07, 6.45) is 6.57. The molecule has 0 bridgehead atoms. The molecule has 2 heterocycles. The lowest BCUT2D eigenvalue weighted by Gasteiger charge is -2.09. The molecule has 5 heteroatoms. The molecular formula is C23H21N3OS. The van der Waals surface area contributed by atoms with E-state index in [1.165, 1.54) is 28.0 Å². The van der Waals surface area contributed by atoms with Gasteiger partial charge in [-0.3, -0.25) is 5.43 Å². The van der Waals surface area contributed by atoms with Gasteiger partial charge in [0.05, 0.1) is 18.1 Å². The van der Waals surface area contributed by atoms with Crippen LogP contribution in [-0.2, 0) is 0 Å². The van der Waals surface area contributed by atoms with Gasteiger partial charge in [0.15, 0.2) is 0 Å². The topological polar surface area (TPSA) is 50.4 Å². The van der Waals surface area contributed by atoms with Gasteiger partial charge in [-0.1, -0.05) is 23.8 Å². The first-order valence-electron chi connectivity index (χ1n) is 9.46. The molecule has 0 spiro atoms. The molecule has 2 atom stereocenters. The van der Waals surface area contributed by atoms with E-state index in [1.807, 2.05) is 24.0 Å². The first-order chi connectivity index (χ1) is 13.7. The molecule has 2 unspecified atom stereocenters. The largest absolute Gasteiger partial charge is 0.445 e. The molecule has 1 aromatic heterocycles. The molecule has 28 heavy (non-hydrogen) atoms. The van der Waals surface area contributed by atoms with Crippen molar-refractivity contribution in [3.05, 3.63) is 71.0 Å². The molecule has 140 valence electrons. The number of hydrazone groups is 1. The van der Waals surface area contributed by atoms with E-state index in [9.17, 15) is 0 Å². The molecule has 2 aromatic carbocycles. The Kier molecular flexibility index (Phi) is 4.32. The van der Waals surface area contributed by atoms with Gasteiger partial charge >= 0.3 is 0 Å². The third-order valence-corrected chi connectivity index (χ3v) is 6.95. The van der Waals surface area contributed by atoms with Crippen LogP contribution in [0.4, 0.5) is 5.69 Å². The van der Waals surface area contributed by atoms with Crippen LogP contribution in [0.2, 0.25) is 0 Å². The van der Waals surface area contributed by atoms with E-state index < -0.39 is 0 Å². The molecule has 1 aliphatic heterocycles. The number of hydrogen-bond donors (Lipinski definition) is 1. The summed E-state index contributed by atoms with van der Waals surface area (Å²) >= 11 is 1.96. The quantitative estimate of drug-likeness (QED) is 0.423. The van der Waals surface area contributed by atoms with E-state index in [-0.39, 0.29) is 0 Å². The maximum absolute atomic E-state index is 5.43. The second-order valence-electron chi connectivity index (χ2n) is 7.36. The SMILES string of the molecule is CC1=C(/C=N/Nc2ccc(-c3cc(-c4ncco4)ccc3C)cc2)SC2CC12. The van der Waals surface area contributed by atoms with Gasteiger partial charge in [-0.15, -0.1) is 11.8 Å².